The number of anilines is 1. The average Bonchev–Trinajstić information content (AvgIpc) is 2.50. The molecular formula is C14H12F2N2O3S. The fraction of sp³-hybridized carbons (Fsp3) is 0.0714. The molecule has 0 saturated carbocycles. The van der Waals surface area contributed by atoms with E-state index in [2.05, 4.69) is 10.0 Å². The second-order valence-corrected chi connectivity index (χ2v) is 6.20. The van der Waals surface area contributed by atoms with E-state index >= 15 is 0 Å². The zero-order valence-electron chi connectivity index (χ0n) is 11.4. The molecule has 1 amide bonds. The summed E-state index contributed by atoms with van der Waals surface area (Å²) < 4.78 is 51.4. The molecule has 0 unspecified atom stereocenters. The highest BCUT2D eigenvalue weighted by atomic mass is 32.2. The fourth-order valence-corrected chi connectivity index (χ4v) is 2.48. The summed E-state index contributed by atoms with van der Waals surface area (Å²) >= 11 is 0. The molecule has 0 bridgehead atoms. The Bertz CT molecular complexity index is 823. The largest absolute Gasteiger partial charge is 0.322 e. The van der Waals surface area contributed by atoms with Gasteiger partial charge in [0.2, 0.25) is 10.0 Å². The molecule has 2 aromatic carbocycles. The van der Waals surface area contributed by atoms with E-state index in [9.17, 15) is 22.0 Å². The molecule has 0 fully saturated rings. The SMILES string of the molecule is CNS(=O)(=O)c1cccc(NC(=O)c2ccc(F)c(F)c2)c1. The van der Waals surface area contributed by atoms with Crippen LogP contribution >= 0.6 is 0 Å². The molecule has 5 nitrogen and oxygen atoms in total. The Labute approximate surface area is 126 Å². The number of nitrogens with one attached hydrogen (secondary N) is 2. The molecule has 0 heterocycles. The van der Waals surface area contributed by atoms with Crippen molar-refractivity contribution in [3.8, 4) is 0 Å². The maximum atomic E-state index is 13.1. The summed E-state index contributed by atoms with van der Waals surface area (Å²) in [4.78, 5) is 11.9. The van der Waals surface area contributed by atoms with Gasteiger partial charge < -0.3 is 5.32 Å². The molecule has 0 spiro atoms. The average molecular weight is 326 g/mol. The van der Waals surface area contributed by atoms with Gasteiger partial charge >= 0.3 is 0 Å². The summed E-state index contributed by atoms with van der Waals surface area (Å²) in [6.07, 6.45) is 0. The van der Waals surface area contributed by atoms with Crippen molar-refractivity contribution in [2.45, 2.75) is 4.90 Å². The summed E-state index contributed by atoms with van der Waals surface area (Å²) in [5, 5.41) is 2.42. The Morgan fingerprint density at radius 2 is 1.77 bits per heavy atom. The van der Waals surface area contributed by atoms with Crippen LogP contribution in [0.5, 0.6) is 0 Å². The molecule has 0 atom stereocenters. The van der Waals surface area contributed by atoms with E-state index in [0.29, 0.717) is 0 Å². The summed E-state index contributed by atoms with van der Waals surface area (Å²) in [6, 6.07) is 8.27. The summed E-state index contributed by atoms with van der Waals surface area (Å²) in [7, 11) is -2.38. The molecule has 116 valence electrons. The van der Waals surface area contributed by atoms with Crippen LogP contribution in [0.15, 0.2) is 47.4 Å². The van der Waals surface area contributed by atoms with Crippen molar-refractivity contribution in [2.24, 2.45) is 0 Å². The van der Waals surface area contributed by atoms with Gasteiger partial charge in [-0.05, 0) is 43.4 Å². The Hall–Kier alpha value is -2.32. The van der Waals surface area contributed by atoms with Gasteiger partial charge in [0.15, 0.2) is 11.6 Å². The van der Waals surface area contributed by atoms with Crippen molar-refractivity contribution in [1.29, 1.82) is 0 Å². The minimum atomic E-state index is -3.64. The monoisotopic (exact) mass is 326 g/mol. The molecule has 2 rings (SSSR count). The Morgan fingerprint density at radius 3 is 2.41 bits per heavy atom. The van der Waals surface area contributed by atoms with E-state index in [4.69, 9.17) is 0 Å². The number of amides is 1. The van der Waals surface area contributed by atoms with E-state index in [1.807, 2.05) is 0 Å². The quantitative estimate of drug-likeness (QED) is 0.904. The van der Waals surface area contributed by atoms with Crippen LogP contribution in [0, 0.1) is 11.6 Å². The van der Waals surface area contributed by atoms with Crippen LogP contribution < -0.4 is 10.0 Å². The lowest BCUT2D eigenvalue weighted by molar-refractivity contribution is 0.102. The molecule has 0 aliphatic rings. The number of carbonyl (C=O) groups is 1. The van der Waals surface area contributed by atoms with Gasteiger partial charge in [0.25, 0.3) is 5.91 Å². The van der Waals surface area contributed by atoms with Gasteiger partial charge in [-0.3, -0.25) is 4.79 Å². The minimum absolute atomic E-state index is 0.0295. The smallest absolute Gasteiger partial charge is 0.255 e. The number of benzene rings is 2. The molecule has 0 aromatic heterocycles. The van der Waals surface area contributed by atoms with Crippen LogP contribution in [-0.2, 0) is 10.0 Å². The minimum Gasteiger partial charge on any atom is -0.322 e. The van der Waals surface area contributed by atoms with Gasteiger partial charge in [-0.15, -0.1) is 0 Å². The highest BCUT2D eigenvalue weighted by Crippen LogP contribution is 2.17. The third kappa shape index (κ3) is 3.46. The number of hydrogen-bond acceptors (Lipinski definition) is 3. The Kier molecular flexibility index (Phi) is 4.53. The molecule has 0 radical (unpaired) electrons. The topological polar surface area (TPSA) is 75.3 Å². The zero-order valence-corrected chi connectivity index (χ0v) is 12.2. The van der Waals surface area contributed by atoms with Crippen LogP contribution in [0.1, 0.15) is 10.4 Å². The number of rotatable bonds is 4. The van der Waals surface area contributed by atoms with Crippen molar-refractivity contribution in [2.75, 3.05) is 12.4 Å². The van der Waals surface area contributed by atoms with Gasteiger partial charge in [0.1, 0.15) is 0 Å². The normalized spacial score (nSPS) is 11.2. The van der Waals surface area contributed by atoms with Crippen molar-refractivity contribution < 1.29 is 22.0 Å². The second kappa shape index (κ2) is 6.20. The summed E-state index contributed by atoms with van der Waals surface area (Å²) in [6.45, 7) is 0. The van der Waals surface area contributed by atoms with Gasteiger partial charge in [-0.25, -0.2) is 21.9 Å². The molecule has 8 heteroatoms. The first-order valence-corrected chi connectivity index (χ1v) is 7.62. The van der Waals surface area contributed by atoms with Crippen molar-refractivity contribution >= 4 is 21.6 Å². The number of hydrogen-bond donors (Lipinski definition) is 2. The van der Waals surface area contributed by atoms with E-state index in [1.54, 1.807) is 0 Å². The Balaban J connectivity index is 2.25. The maximum Gasteiger partial charge on any atom is 0.255 e. The third-order valence-electron chi connectivity index (χ3n) is 2.85. The lowest BCUT2D eigenvalue weighted by Crippen LogP contribution is -2.19. The van der Waals surface area contributed by atoms with Gasteiger partial charge in [0, 0.05) is 11.3 Å². The van der Waals surface area contributed by atoms with Crippen LogP contribution in [0.2, 0.25) is 0 Å². The van der Waals surface area contributed by atoms with Crippen LogP contribution in [0.3, 0.4) is 0 Å². The number of halogens is 2. The predicted octanol–water partition coefficient (Wildman–Crippen LogP) is 2.13. The van der Waals surface area contributed by atoms with Crippen molar-refractivity contribution in [3.05, 3.63) is 59.7 Å². The lowest BCUT2D eigenvalue weighted by Gasteiger charge is -2.08. The van der Waals surface area contributed by atoms with Crippen LogP contribution in [0.25, 0.3) is 0 Å². The van der Waals surface area contributed by atoms with Crippen LogP contribution in [0.4, 0.5) is 14.5 Å². The van der Waals surface area contributed by atoms with Gasteiger partial charge in [-0.2, -0.15) is 0 Å². The first-order valence-electron chi connectivity index (χ1n) is 6.13. The maximum absolute atomic E-state index is 13.1. The van der Waals surface area contributed by atoms with Crippen LogP contribution in [-0.4, -0.2) is 21.4 Å². The highest BCUT2D eigenvalue weighted by Gasteiger charge is 2.14. The van der Waals surface area contributed by atoms with E-state index in [-0.39, 0.29) is 16.1 Å². The molecule has 0 aliphatic carbocycles. The van der Waals surface area contributed by atoms with E-state index in [0.717, 1.165) is 18.2 Å². The molecule has 2 aromatic rings. The first kappa shape index (κ1) is 16.1. The van der Waals surface area contributed by atoms with Crippen molar-refractivity contribution in [3.63, 3.8) is 0 Å². The van der Waals surface area contributed by atoms with E-state index < -0.39 is 27.6 Å². The fourth-order valence-electron chi connectivity index (χ4n) is 1.70. The number of carbonyl (C=O) groups excluding carboxylic acids is 1. The second-order valence-electron chi connectivity index (χ2n) is 4.32. The standard InChI is InChI=1S/C14H12F2N2O3S/c1-17-22(20,21)11-4-2-3-10(8-11)18-14(19)9-5-6-12(15)13(16)7-9/h2-8,17H,1H3,(H,18,19). The molecule has 0 aliphatic heterocycles. The Morgan fingerprint density at radius 1 is 1.05 bits per heavy atom. The zero-order chi connectivity index (χ0) is 16.3. The summed E-state index contributed by atoms with van der Waals surface area (Å²) in [5.41, 5.74) is 0.131. The van der Waals surface area contributed by atoms with Gasteiger partial charge in [0.05, 0.1) is 4.90 Å². The lowest BCUT2D eigenvalue weighted by atomic mass is 10.2. The third-order valence-corrected chi connectivity index (χ3v) is 4.26. The number of sulfonamides is 1. The van der Waals surface area contributed by atoms with Crippen molar-refractivity contribution in [1.82, 2.24) is 4.72 Å². The summed E-state index contributed by atoms with van der Waals surface area (Å²) in [5.74, 6) is -2.88. The molecule has 2 N–H and O–H groups in total. The highest BCUT2D eigenvalue weighted by molar-refractivity contribution is 7.89. The molecular weight excluding hydrogens is 314 g/mol. The predicted molar refractivity (Wildman–Crippen MR) is 77.0 cm³/mol. The van der Waals surface area contributed by atoms with Gasteiger partial charge in [-0.1, -0.05) is 6.07 Å². The molecule has 0 saturated heterocycles. The van der Waals surface area contributed by atoms with E-state index in [1.165, 1.54) is 31.3 Å². The molecule has 22 heavy (non-hydrogen) atoms. The first-order chi connectivity index (χ1) is 10.3.